The molecule has 0 saturated heterocycles. The van der Waals surface area contributed by atoms with Gasteiger partial charge >= 0.3 is 0 Å². The van der Waals surface area contributed by atoms with E-state index in [-0.39, 0.29) is 5.82 Å². The molecule has 2 N–H and O–H groups in total. The monoisotopic (exact) mass is 282 g/mol. The molecule has 108 valence electrons. The summed E-state index contributed by atoms with van der Waals surface area (Å²) in [7, 11) is 0. The van der Waals surface area contributed by atoms with Gasteiger partial charge in [-0.25, -0.2) is 9.67 Å². The first-order valence-electron chi connectivity index (χ1n) is 7.61. The fraction of sp³-hybridized carbons (Fsp3) is 0.438. The molecule has 3 aliphatic rings. The summed E-state index contributed by atoms with van der Waals surface area (Å²) >= 11 is 0. The Morgan fingerprint density at radius 3 is 2.95 bits per heavy atom. The Hall–Kier alpha value is -2.17. The molecule has 1 aromatic rings. The first-order chi connectivity index (χ1) is 10.2. The van der Waals surface area contributed by atoms with Crippen molar-refractivity contribution in [3.8, 4) is 0 Å². The zero-order chi connectivity index (χ0) is 14.4. The van der Waals surface area contributed by atoms with Crippen LogP contribution in [-0.2, 0) is 6.42 Å². The molecule has 1 aromatic heterocycles. The molecule has 5 nitrogen and oxygen atoms in total. The van der Waals surface area contributed by atoms with Gasteiger partial charge in [-0.2, -0.15) is 0 Å². The number of carbonyl (C=O) groups is 1. The third-order valence-electron chi connectivity index (χ3n) is 4.58. The van der Waals surface area contributed by atoms with Gasteiger partial charge < -0.3 is 5.73 Å². The van der Waals surface area contributed by atoms with Gasteiger partial charge in [0.05, 0.1) is 5.70 Å². The highest BCUT2D eigenvalue weighted by Crippen LogP contribution is 2.43. The predicted octanol–water partition coefficient (Wildman–Crippen LogP) is 2.36. The average Bonchev–Trinajstić information content (AvgIpc) is 2.88. The fourth-order valence-electron chi connectivity index (χ4n) is 3.60. The van der Waals surface area contributed by atoms with E-state index in [0.717, 1.165) is 18.7 Å². The Bertz CT molecular complexity index is 721. The molecule has 0 radical (unpaired) electrons. The van der Waals surface area contributed by atoms with Crippen LogP contribution < -0.4 is 5.73 Å². The van der Waals surface area contributed by atoms with Crippen LogP contribution in [0.15, 0.2) is 28.9 Å². The zero-order valence-corrected chi connectivity index (χ0v) is 11.9. The molecule has 1 aliphatic heterocycles. The van der Waals surface area contributed by atoms with Crippen LogP contribution in [0, 0.1) is 0 Å². The summed E-state index contributed by atoms with van der Waals surface area (Å²) in [4.78, 5) is 15.6. The predicted molar refractivity (Wildman–Crippen MR) is 79.3 cm³/mol. The molecule has 0 unspecified atom stereocenters. The highest BCUT2D eigenvalue weighted by atomic mass is 16.1. The molecular weight excluding hydrogens is 264 g/mol. The summed E-state index contributed by atoms with van der Waals surface area (Å²) in [5, 5.41) is 4.34. The number of carbonyl (C=O) groups excluding carboxylic acids is 1. The molecule has 0 saturated carbocycles. The number of allylic oxidation sites excluding steroid dienone is 6. The summed E-state index contributed by atoms with van der Waals surface area (Å²) < 4.78 is 1.85. The molecule has 0 spiro atoms. The molecule has 0 atom stereocenters. The number of fused-ring (bicyclic) bond motifs is 3. The highest BCUT2D eigenvalue weighted by Gasteiger charge is 2.29. The minimum Gasteiger partial charge on any atom is -0.363 e. The topological polar surface area (TPSA) is 73.8 Å². The van der Waals surface area contributed by atoms with E-state index in [9.17, 15) is 4.79 Å². The van der Waals surface area contributed by atoms with Crippen molar-refractivity contribution < 1.29 is 4.79 Å². The van der Waals surface area contributed by atoms with Crippen LogP contribution in [0.1, 0.15) is 55.0 Å². The van der Waals surface area contributed by atoms with E-state index < -0.39 is 5.91 Å². The maximum Gasteiger partial charge on any atom is 0.288 e. The van der Waals surface area contributed by atoms with Crippen molar-refractivity contribution in [2.45, 2.75) is 44.9 Å². The van der Waals surface area contributed by atoms with Gasteiger partial charge in [-0.1, -0.05) is 24.1 Å². The number of rotatable bonds is 1. The minimum absolute atomic E-state index is 0.120. The van der Waals surface area contributed by atoms with Gasteiger partial charge in [-0.15, -0.1) is 5.10 Å². The van der Waals surface area contributed by atoms with E-state index in [1.165, 1.54) is 42.5 Å². The van der Waals surface area contributed by atoms with E-state index in [2.05, 4.69) is 22.2 Å². The Kier molecular flexibility index (Phi) is 2.80. The third-order valence-corrected chi connectivity index (χ3v) is 4.58. The number of nitrogens with two attached hydrogens (primary N) is 1. The zero-order valence-electron chi connectivity index (χ0n) is 11.9. The van der Waals surface area contributed by atoms with Crippen LogP contribution in [0.2, 0.25) is 0 Å². The summed E-state index contributed by atoms with van der Waals surface area (Å²) in [5.74, 6) is 0.367. The summed E-state index contributed by atoms with van der Waals surface area (Å²) in [6.45, 7) is 0. The van der Waals surface area contributed by atoms with Crippen LogP contribution >= 0.6 is 0 Å². The van der Waals surface area contributed by atoms with Crippen LogP contribution in [0.5, 0.6) is 0 Å². The van der Waals surface area contributed by atoms with Crippen molar-refractivity contribution in [1.29, 1.82) is 0 Å². The van der Waals surface area contributed by atoms with Gasteiger partial charge in [-0.05, 0) is 36.8 Å². The van der Waals surface area contributed by atoms with Crippen LogP contribution in [-0.4, -0.2) is 20.7 Å². The largest absolute Gasteiger partial charge is 0.363 e. The van der Waals surface area contributed by atoms with Crippen LogP contribution in [0.3, 0.4) is 0 Å². The highest BCUT2D eigenvalue weighted by molar-refractivity contribution is 5.89. The fourth-order valence-corrected chi connectivity index (χ4v) is 3.60. The Labute approximate surface area is 123 Å². The molecule has 5 heteroatoms. The molecule has 1 amide bonds. The summed E-state index contributed by atoms with van der Waals surface area (Å²) in [6.07, 6.45) is 12.2. The first kappa shape index (κ1) is 12.6. The normalized spacial score (nSPS) is 20.8. The Balaban J connectivity index is 1.81. The second kappa shape index (κ2) is 4.69. The van der Waals surface area contributed by atoms with E-state index in [0.29, 0.717) is 6.42 Å². The van der Waals surface area contributed by atoms with Crippen molar-refractivity contribution >= 4 is 11.6 Å². The quantitative estimate of drug-likeness (QED) is 0.859. The third kappa shape index (κ3) is 1.95. The van der Waals surface area contributed by atoms with Crippen LogP contribution in [0.25, 0.3) is 5.70 Å². The molecule has 4 rings (SSSR count). The van der Waals surface area contributed by atoms with Gasteiger partial charge in [0.25, 0.3) is 5.91 Å². The number of aromatic nitrogens is 3. The Morgan fingerprint density at radius 2 is 2.10 bits per heavy atom. The lowest BCUT2D eigenvalue weighted by molar-refractivity contribution is 0.0990. The summed E-state index contributed by atoms with van der Waals surface area (Å²) in [5.41, 5.74) is 10.8. The molecule has 0 aromatic carbocycles. The molecule has 21 heavy (non-hydrogen) atoms. The standard InChI is InChI=1S/C16H18N4O/c17-15(21)16-18-14-8-4-7-12-11-6-3-1-2-5-10(11)9-13(12)20(14)19-16/h4,7H,1-3,5-6,8-9H2,(H2,17,21). The van der Waals surface area contributed by atoms with Crippen molar-refractivity contribution in [1.82, 2.24) is 14.8 Å². The van der Waals surface area contributed by atoms with Gasteiger partial charge in [0.1, 0.15) is 5.82 Å². The average molecular weight is 282 g/mol. The van der Waals surface area contributed by atoms with E-state index in [1.54, 1.807) is 5.57 Å². The lowest BCUT2D eigenvalue weighted by atomic mass is 10.0. The van der Waals surface area contributed by atoms with E-state index in [4.69, 9.17) is 5.73 Å². The molecule has 0 bridgehead atoms. The van der Waals surface area contributed by atoms with Gasteiger partial charge in [-0.3, -0.25) is 4.79 Å². The molecule has 0 fully saturated rings. The van der Waals surface area contributed by atoms with Gasteiger partial charge in [0.15, 0.2) is 0 Å². The number of amides is 1. The number of hydrogen-bond donors (Lipinski definition) is 1. The number of primary amides is 1. The minimum atomic E-state index is -0.561. The SMILES string of the molecule is NC(=O)c1nc2n(n1)C1=C(C=CC2)C2=C(CCCCC2)C1. The summed E-state index contributed by atoms with van der Waals surface area (Å²) in [6, 6.07) is 0. The van der Waals surface area contributed by atoms with Crippen molar-refractivity contribution in [2.24, 2.45) is 5.73 Å². The first-order valence-corrected chi connectivity index (χ1v) is 7.61. The lowest BCUT2D eigenvalue weighted by Crippen LogP contribution is -2.13. The number of hydrogen-bond acceptors (Lipinski definition) is 3. The lowest BCUT2D eigenvalue weighted by Gasteiger charge is -2.07. The maximum absolute atomic E-state index is 11.3. The van der Waals surface area contributed by atoms with Crippen molar-refractivity contribution in [2.75, 3.05) is 0 Å². The van der Waals surface area contributed by atoms with Gasteiger partial charge in [0.2, 0.25) is 5.82 Å². The van der Waals surface area contributed by atoms with Crippen molar-refractivity contribution in [3.63, 3.8) is 0 Å². The molecule has 2 aliphatic carbocycles. The Morgan fingerprint density at radius 1 is 1.24 bits per heavy atom. The van der Waals surface area contributed by atoms with Gasteiger partial charge in [0, 0.05) is 12.8 Å². The van der Waals surface area contributed by atoms with Crippen molar-refractivity contribution in [3.05, 3.63) is 40.5 Å². The van der Waals surface area contributed by atoms with E-state index >= 15 is 0 Å². The molecular formula is C16H18N4O. The maximum atomic E-state index is 11.3. The smallest absolute Gasteiger partial charge is 0.288 e. The van der Waals surface area contributed by atoms with Crippen LogP contribution in [0.4, 0.5) is 0 Å². The molecule has 2 heterocycles. The second-order valence-electron chi connectivity index (χ2n) is 5.91. The number of nitrogens with zero attached hydrogens (tertiary/aromatic N) is 3. The second-order valence-corrected chi connectivity index (χ2v) is 5.91. The van der Waals surface area contributed by atoms with E-state index in [1.807, 2.05) is 4.68 Å².